The number of carbonyl (C=O) groups is 1. The van der Waals surface area contributed by atoms with Gasteiger partial charge in [-0.05, 0) is 60.3 Å². The van der Waals surface area contributed by atoms with E-state index in [1.54, 1.807) is 0 Å². The summed E-state index contributed by atoms with van der Waals surface area (Å²) < 4.78 is 66.7. The summed E-state index contributed by atoms with van der Waals surface area (Å²) in [5.41, 5.74) is 5.08. The number of alkyl halides is 3. The van der Waals surface area contributed by atoms with Gasteiger partial charge in [-0.3, -0.25) is 9.69 Å². The third kappa shape index (κ3) is 6.35. The Labute approximate surface area is 208 Å². The molecule has 6 nitrogen and oxygen atoms in total. The van der Waals surface area contributed by atoms with Crippen LogP contribution >= 0.6 is 11.6 Å². The first kappa shape index (κ1) is 27.4. The van der Waals surface area contributed by atoms with Gasteiger partial charge in [0.2, 0.25) is 0 Å². The Kier molecular flexibility index (Phi) is 8.52. The van der Waals surface area contributed by atoms with Crippen LogP contribution in [0.2, 0.25) is 5.02 Å². The number of amides is 1. The largest absolute Gasteiger partial charge is 0.416 e. The molecule has 2 aromatic rings. The van der Waals surface area contributed by atoms with Gasteiger partial charge in [-0.25, -0.2) is 8.42 Å². The molecule has 1 aliphatic rings. The Morgan fingerprint density at radius 2 is 1.97 bits per heavy atom. The van der Waals surface area contributed by atoms with Crippen molar-refractivity contribution in [3.05, 3.63) is 63.7 Å². The number of sulfone groups is 1. The molecule has 0 saturated carbocycles. The highest BCUT2D eigenvalue weighted by molar-refractivity contribution is 7.91. The van der Waals surface area contributed by atoms with Crippen molar-refractivity contribution in [2.24, 2.45) is 11.7 Å². The van der Waals surface area contributed by atoms with E-state index in [0.29, 0.717) is 19.0 Å². The lowest BCUT2D eigenvalue weighted by Gasteiger charge is -2.29. The third-order valence-electron chi connectivity index (χ3n) is 6.28. The zero-order valence-electron chi connectivity index (χ0n) is 19.5. The van der Waals surface area contributed by atoms with Crippen LogP contribution in [0.1, 0.15) is 53.4 Å². The summed E-state index contributed by atoms with van der Waals surface area (Å²) in [6, 6.07) is 7.06. The number of benzene rings is 2. The molecular weight excluding hydrogens is 503 g/mol. The lowest BCUT2D eigenvalue weighted by atomic mass is 9.96. The number of hydrogen-bond donors (Lipinski definition) is 2. The van der Waals surface area contributed by atoms with Gasteiger partial charge in [-0.1, -0.05) is 31.5 Å². The molecule has 0 aliphatic carbocycles. The van der Waals surface area contributed by atoms with Crippen LogP contribution < -0.4 is 11.1 Å². The second kappa shape index (κ2) is 10.9. The number of rotatable bonds is 8. The smallest absolute Gasteiger partial charge is 0.348 e. The highest BCUT2D eigenvalue weighted by atomic mass is 35.5. The van der Waals surface area contributed by atoms with Crippen LogP contribution in [0.25, 0.3) is 0 Å². The van der Waals surface area contributed by atoms with E-state index in [-0.39, 0.29) is 45.5 Å². The molecule has 3 N–H and O–H groups in total. The molecule has 1 aliphatic heterocycles. The van der Waals surface area contributed by atoms with Crippen molar-refractivity contribution in [3.63, 3.8) is 0 Å². The summed E-state index contributed by atoms with van der Waals surface area (Å²) in [7, 11) is -3.59. The molecule has 11 heteroatoms. The SMILES string of the molecule is CCS(=O)(=O)c1ccc(Cl)cc1CNC(=O)c1ccc([C@@H](CN)N2CCC(C)C2)c(C(F)(F)F)c1. The number of halogens is 4. The van der Waals surface area contributed by atoms with Crippen LogP contribution in [0, 0.1) is 5.92 Å². The molecule has 1 fully saturated rings. The Balaban J connectivity index is 1.89. The van der Waals surface area contributed by atoms with Gasteiger partial charge in [0.1, 0.15) is 0 Å². The summed E-state index contributed by atoms with van der Waals surface area (Å²) in [4.78, 5) is 14.7. The minimum absolute atomic E-state index is 0.0154. The number of hydrogen-bond acceptors (Lipinski definition) is 5. The molecule has 0 radical (unpaired) electrons. The van der Waals surface area contributed by atoms with Gasteiger partial charge in [0.25, 0.3) is 5.91 Å². The predicted octanol–water partition coefficient (Wildman–Crippen LogP) is 4.42. The average Bonchev–Trinajstić information content (AvgIpc) is 3.23. The first-order valence-corrected chi connectivity index (χ1v) is 13.3. The van der Waals surface area contributed by atoms with Gasteiger partial charge in [0.05, 0.1) is 16.2 Å². The van der Waals surface area contributed by atoms with Crippen LogP contribution in [0.15, 0.2) is 41.3 Å². The summed E-state index contributed by atoms with van der Waals surface area (Å²) in [5.74, 6) is -0.540. The molecule has 1 unspecified atom stereocenters. The van der Waals surface area contributed by atoms with E-state index in [2.05, 4.69) is 5.32 Å². The van der Waals surface area contributed by atoms with Crippen LogP contribution in [0.3, 0.4) is 0 Å². The van der Waals surface area contributed by atoms with Crippen molar-refractivity contribution < 1.29 is 26.4 Å². The summed E-state index contributed by atoms with van der Waals surface area (Å²) >= 11 is 5.99. The molecule has 2 atom stereocenters. The van der Waals surface area contributed by atoms with Crippen LogP contribution in [0.5, 0.6) is 0 Å². The standard InChI is InChI=1S/C24H29ClF3N3O3S/c1-3-35(33,34)22-7-5-18(25)10-17(22)13-30-23(32)16-4-6-19(20(11-16)24(26,27)28)21(12-29)31-9-8-15(2)14-31/h4-7,10-11,15,21H,3,8-9,12-14,29H2,1-2H3,(H,30,32)/t15?,21-/m1/s1. The second-order valence-electron chi connectivity index (χ2n) is 8.78. The maximum absolute atomic E-state index is 14.0. The van der Waals surface area contributed by atoms with Gasteiger partial charge >= 0.3 is 6.18 Å². The van der Waals surface area contributed by atoms with Crippen LogP contribution in [-0.4, -0.2) is 44.6 Å². The van der Waals surface area contributed by atoms with Crippen molar-refractivity contribution >= 4 is 27.3 Å². The lowest BCUT2D eigenvalue weighted by Crippen LogP contribution is -2.34. The topological polar surface area (TPSA) is 92.5 Å². The Bertz CT molecular complexity index is 1190. The monoisotopic (exact) mass is 531 g/mol. The fraction of sp³-hybridized carbons (Fsp3) is 0.458. The Morgan fingerprint density at radius 1 is 1.26 bits per heavy atom. The van der Waals surface area contributed by atoms with E-state index >= 15 is 0 Å². The zero-order chi connectivity index (χ0) is 26.0. The molecule has 1 heterocycles. The minimum atomic E-state index is -4.68. The fourth-order valence-electron chi connectivity index (χ4n) is 4.38. The summed E-state index contributed by atoms with van der Waals surface area (Å²) in [6.07, 6.45) is -3.79. The van der Waals surface area contributed by atoms with E-state index in [4.69, 9.17) is 17.3 Å². The molecule has 3 rings (SSSR count). The van der Waals surface area contributed by atoms with Crippen LogP contribution in [0.4, 0.5) is 13.2 Å². The zero-order valence-corrected chi connectivity index (χ0v) is 21.1. The van der Waals surface area contributed by atoms with Gasteiger partial charge in [-0.15, -0.1) is 0 Å². The van der Waals surface area contributed by atoms with E-state index in [9.17, 15) is 26.4 Å². The quantitative estimate of drug-likeness (QED) is 0.526. The highest BCUT2D eigenvalue weighted by Crippen LogP contribution is 2.38. The minimum Gasteiger partial charge on any atom is -0.348 e. The van der Waals surface area contributed by atoms with E-state index in [0.717, 1.165) is 12.5 Å². The Hall–Kier alpha value is -2.14. The molecule has 0 aromatic heterocycles. The van der Waals surface area contributed by atoms with Gasteiger partial charge < -0.3 is 11.1 Å². The van der Waals surface area contributed by atoms with Crippen LogP contribution in [-0.2, 0) is 22.6 Å². The molecule has 1 amide bonds. The van der Waals surface area contributed by atoms with Gasteiger partial charge in [0.15, 0.2) is 9.84 Å². The van der Waals surface area contributed by atoms with Crippen molar-refractivity contribution in [2.45, 2.75) is 43.9 Å². The third-order valence-corrected chi connectivity index (χ3v) is 8.34. The lowest BCUT2D eigenvalue weighted by molar-refractivity contribution is -0.138. The van der Waals surface area contributed by atoms with E-state index in [1.807, 2.05) is 11.8 Å². The van der Waals surface area contributed by atoms with Crippen molar-refractivity contribution in [2.75, 3.05) is 25.4 Å². The fourth-order valence-corrected chi connectivity index (χ4v) is 5.69. The van der Waals surface area contributed by atoms with E-state index < -0.39 is 33.5 Å². The maximum Gasteiger partial charge on any atom is 0.416 e. The molecule has 0 spiro atoms. The molecule has 1 saturated heterocycles. The Morgan fingerprint density at radius 3 is 2.54 bits per heavy atom. The molecule has 35 heavy (non-hydrogen) atoms. The number of nitrogens with two attached hydrogens (primary N) is 1. The highest BCUT2D eigenvalue weighted by Gasteiger charge is 2.38. The van der Waals surface area contributed by atoms with Crippen molar-refractivity contribution in [1.82, 2.24) is 10.2 Å². The first-order valence-electron chi connectivity index (χ1n) is 11.3. The number of likely N-dealkylation sites (tertiary alicyclic amines) is 1. The molecule has 2 aromatic carbocycles. The normalized spacial score (nSPS) is 18.0. The van der Waals surface area contributed by atoms with Crippen molar-refractivity contribution in [3.8, 4) is 0 Å². The van der Waals surface area contributed by atoms with Gasteiger partial charge in [-0.2, -0.15) is 13.2 Å². The summed E-state index contributed by atoms with van der Waals surface area (Å²) in [6.45, 7) is 4.65. The van der Waals surface area contributed by atoms with E-state index in [1.165, 1.54) is 37.3 Å². The predicted molar refractivity (Wildman–Crippen MR) is 129 cm³/mol. The summed E-state index contributed by atoms with van der Waals surface area (Å²) in [5, 5.41) is 2.79. The number of carbonyl (C=O) groups excluding carboxylic acids is 1. The average molecular weight is 532 g/mol. The van der Waals surface area contributed by atoms with Gasteiger partial charge in [0, 0.05) is 36.3 Å². The van der Waals surface area contributed by atoms with Crippen molar-refractivity contribution in [1.29, 1.82) is 0 Å². The molecular formula is C24H29ClF3N3O3S. The molecule has 192 valence electrons. The number of nitrogens with one attached hydrogen (secondary N) is 1. The number of nitrogens with zero attached hydrogens (tertiary/aromatic N) is 1. The maximum atomic E-state index is 14.0. The molecule has 0 bridgehead atoms. The second-order valence-corrected chi connectivity index (χ2v) is 11.5. The first-order chi connectivity index (χ1) is 16.4.